The van der Waals surface area contributed by atoms with Crippen molar-refractivity contribution in [1.82, 2.24) is 9.62 Å². The van der Waals surface area contributed by atoms with Gasteiger partial charge in [-0.2, -0.15) is 0 Å². The van der Waals surface area contributed by atoms with Gasteiger partial charge in [0.25, 0.3) is 15.9 Å². The summed E-state index contributed by atoms with van der Waals surface area (Å²) < 4.78 is 37.9. The third-order valence-corrected chi connectivity index (χ3v) is 7.03. The van der Waals surface area contributed by atoms with Crippen LogP contribution in [0.3, 0.4) is 0 Å². The highest BCUT2D eigenvalue weighted by Crippen LogP contribution is 2.25. The van der Waals surface area contributed by atoms with E-state index in [-0.39, 0.29) is 16.8 Å². The predicted molar refractivity (Wildman–Crippen MR) is 119 cm³/mol. The number of methoxy groups -OCH3 is 1. The van der Waals surface area contributed by atoms with Crippen LogP contribution >= 0.6 is 0 Å². The molecule has 0 saturated carbocycles. The molecule has 0 aliphatic carbocycles. The summed E-state index contributed by atoms with van der Waals surface area (Å²) in [4.78, 5) is 14.5. The van der Waals surface area contributed by atoms with Gasteiger partial charge in [0.1, 0.15) is 5.75 Å². The van der Waals surface area contributed by atoms with Gasteiger partial charge in [-0.15, -0.1) is 0 Å². The lowest BCUT2D eigenvalue weighted by Gasteiger charge is -2.31. The number of nitrogens with one attached hydrogen (secondary N) is 1. The fourth-order valence-electron chi connectivity index (χ4n) is 3.78. The molecule has 170 valence electrons. The lowest BCUT2D eigenvalue weighted by atomic mass is 9.90. The highest BCUT2D eigenvalue weighted by atomic mass is 32.2. The minimum atomic E-state index is -3.80. The molecule has 1 amide bonds. The lowest BCUT2D eigenvalue weighted by Crippen LogP contribution is -2.40. The van der Waals surface area contributed by atoms with Crippen molar-refractivity contribution in [2.45, 2.75) is 57.1 Å². The van der Waals surface area contributed by atoms with Gasteiger partial charge in [0.2, 0.25) is 5.09 Å². The van der Waals surface area contributed by atoms with Crippen LogP contribution in [0.5, 0.6) is 5.75 Å². The van der Waals surface area contributed by atoms with Crippen molar-refractivity contribution in [3.8, 4) is 5.75 Å². The molecule has 1 aromatic carbocycles. The fraction of sp³-hybridized carbons (Fsp3) is 0.522. The summed E-state index contributed by atoms with van der Waals surface area (Å²) in [6.45, 7) is 6.54. The van der Waals surface area contributed by atoms with Crippen molar-refractivity contribution in [2.24, 2.45) is 5.92 Å². The number of hydrogen-bond donors (Lipinski definition) is 1. The summed E-state index contributed by atoms with van der Waals surface area (Å²) in [5, 5.41) is -0.236. The summed E-state index contributed by atoms with van der Waals surface area (Å²) >= 11 is 0. The predicted octanol–water partition coefficient (Wildman–Crippen LogP) is 3.85. The molecule has 1 N–H and O–H groups in total. The Morgan fingerprint density at radius 1 is 1.13 bits per heavy atom. The van der Waals surface area contributed by atoms with Crippen LogP contribution < -0.4 is 9.46 Å². The number of ether oxygens (including phenoxy) is 1. The Bertz CT molecular complexity index is 982. The standard InChI is InChI=1S/C23H32N2O5S/c1-23(2,3)24-31(27,28)21-12-11-20(30-21)22(26)25-15-13-18(14-16-25)6-5-17-7-9-19(29-4)10-8-17/h7-12,18,24H,5-6,13-16H2,1-4H3. The molecule has 1 saturated heterocycles. The molecule has 1 fully saturated rings. The van der Waals surface area contributed by atoms with Crippen LogP contribution in [0.15, 0.2) is 45.9 Å². The molecule has 8 heteroatoms. The molecule has 0 bridgehead atoms. The van der Waals surface area contributed by atoms with E-state index in [1.54, 1.807) is 32.8 Å². The van der Waals surface area contributed by atoms with Gasteiger partial charge in [-0.3, -0.25) is 4.79 Å². The third-order valence-electron chi connectivity index (χ3n) is 5.40. The van der Waals surface area contributed by atoms with Gasteiger partial charge in [-0.25, -0.2) is 13.1 Å². The molecule has 2 aromatic rings. The quantitative estimate of drug-likeness (QED) is 0.695. The fourth-order valence-corrected chi connectivity index (χ4v) is 5.13. The summed E-state index contributed by atoms with van der Waals surface area (Å²) in [5.74, 6) is 1.23. The van der Waals surface area contributed by atoms with E-state index in [4.69, 9.17) is 9.15 Å². The van der Waals surface area contributed by atoms with E-state index >= 15 is 0 Å². The monoisotopic (exact) mass is 448 g/mol. The van der Waals surface area contributed by atoms with Gasteiger partial charge in [-0.1, -0.05) is 12.1 Å². The largest absolute Gasteiger partial charge is 0.497 e. The maximum atomic E-state index is 12.8. The third kappa shape index (κ3) is 6.33. The van der Waals surface area contributed by atoms with Crippen LogP contribution in [-0.4, -0.2) is 45.0 Å². The summed E-state index contributed by atoms with van der Waals surface area (Å²) in [6, 6.07) is 10.9. The number of furan rings is 1. The second-order valence-electron chi connectivity index (χ2n) is 9.10. The average molecular weight is 449 g/mol. The summed E-state index contributed by atoms with van der Waals surface area (Å²) in [6.07, 6.45) is 3.94. The average Bonchev–Trinajstić information content (AvgIpc) is 3.22. The number of carbonyl (C=O) groups excluding carboxylic acids is 1. The zero-order valence-corrected chi connectivity index (χ0v) is 19.5. The summed E-state index contributed by atoms with van der Waals surface area (Å²) in [7, 11) is -2.14. The zero-order valence-electron chi connectivity index (χ0n) is 18.7. The molecule has 0 spiro atoms. The van der Waals surface area contributed by atoms with Crippen molar-refractivity contribution in [3.05, 3.63) is 47.7 Å². The topological polar surface area (TPSA) is 88.8 Å². The second-order valence-corrected chi connectivity index (χ2v) is 10.7. The SMILES string of the molecule is COc1ccc(CCC2CCN(C(=O)c3ccc(S(=O)(=O)NC(C)(C)C)o3)CC2)cc1. The van der Waals surface area contributed by atoms with Gasteiger partial charge >= 0.3 is 0 Å². The number of rotatable bonds is 7. The molecule has 7 nitrogen and oxygen atoms in total. The van der Waals surface area contributed by atoms with Crippen molar-refractivity contribution in [1.29, 1.82) is 0 Å². The molecule has 1 aliphatic rings. The molecule has 0 unspecified atom stereocenters. The Kier molecular flexibility index (Phi) is 7.11. The van der Waals surface area contributed by atoms with Gasteiger partial charge in [-0.05, 0) is 82.2 Å². The normalized spacial score (nSPS) is 15.8. The van der Waals surface area contributed by atoms with E-state index in [2.05, 4.69) is 16.9 Å². The molecule has 1 aromatic heterocycles. The Morgan fingerprint density at radius 2 is 1.77 bits per heavy atom. The summed E-state index contributed by atoms with van der Waals surface area (Å²) in [5.41, 5.74) is 0.649. The van der Waals surface area contributed by atoms with Crippen molar-refractivity contribution >= 4 is 15.9 Å². The number of carbonyl (C=O) groups is 1. The maximum Gasteiger partial charge on any atom is 0.289 e. The van der Waals surface area contributed by atoms with E-state index in [1.807, 2.05) is 12.1 Å². The number of hydrogen-bond acceptors (Lipinski definition) is 5. The van der Waals surface area contributed by atoms with Gasteiger partial charge in [0, 0.05) is 18.6 Å². The minimum absolute atomic E-state index is 0.0611. The van der Waals surface area contributed by atoms with Crippen molar-refractivity contribution < 1.29 is 22.4 Å². The first-order chi connectivity index (χ1) is 14.6. The van der Waals surface area contributed by atoms with Crippen LogP contribution in [-0.2, 0) is 16.4 Å². The number of sulfonamides is 1. The smallest absolute Gasteiger partial charge is 0.289 e. The molecule has 2 heterocycles. The highest BCUT2D eigenvalue weighted by molar-refractivity contribution is 7.89. The molecule has 1 aliphatic heterocycles. The number of nitrogens with zero attached hydrogens (tertiary/aromatic N) is 1. The first-order valence-electron chi connectivity index (χ1n) is 10.6. The van der Waals surface area contributed by atoms with E-state index in [1.165, 1.54) is 17.7 Å². The van der Waals surface area contributed by atoms with Gasteiger partial charge in [0.15, 0.2) is 5.76 Å². The van der Waals surface area contributed by atoms with Crippen LogP contribution in [0.1, 0.15) is 56.2 Å². The van der Waals surface area contributed by atoms with Crippen LogP contribution in [0, 0.1) is 5.92 Å². The van der Waals surface area contributed by atoms with Gasteiger partial charge < -0.3 is 14.1 Å². The molecule has 3 rings (SSSR count). The number of aryl methyl sites for hydroxylation is 1. The zero-order chi connectivity index (χ0) is 22.6. The Morgan fingerprint density at radius 3 is 2.35 bits per heavy atom. The van der Waals surface area contributed by atoms with Crippen LogP contribution in [0.4, 0.5) is 0 Å². The molecule has 0 atom stereocenters. The second kappa shape index (κ2) is 9.44. The minimum Gasteiger partial charge on any atom is -0.497 e. The Hall–Kier alpha value is -2.32. The van der Waals surface area contributed by atoms with E-state index in [9.17, 15) is 13.2 Å². The van der Waals surface area contributed by atoms with Crippen molar-refractivity contribution in [2.75, 3.05) is 20.2 Å². The van der Waals surface area contributed by atoms with Gasteiger partial charge in [0.05, 0.1) is 7.11 Å². The van der Waals surface area contributed by atoms with E-state index in [0.29, 0.717) is 19.0 Å². The molecular formula is C23H32N2O5S. The van der Waals surface area contributed by atoms with Crippen LogP contribution in [0.2, 0.25) is 0 Å². The van der Waals surface area contributed by atoms with Crippen LogP contribution in [0.25, 0.3) is 0 Å². The number of amides is 1. The molecule has 0 radical (unpaired) electrons. The Labute approximate surface area is 184 Å². The number of benzene rings is 1. The van der Waals surface area contributed by atoms with E-state index < -0.39 is 15.6 Å². The van der Waals surface area contributed by atoms with Crippen molar-refractivity contribution in [3.63, 3.8) is 0 Å². The maximum absolute atomic E-state index is 12.8. The number of likely N-dealkylation sites (tertiary alicyclic amines) is 1. The molecular weight excluding hydrogens is 416 g/mol. The lowest BCUT2D eigenvalue weighted by molar-refractivity contribution is 0.0649. The first-order valence-corrected chi connectivity index (χ1v) is 12.1. The highest BCUT2D eigenvalue weighted by Gasteiger charge is 2.29. The first kappa shape index (κ1) is 23.3. The van der Waals surface area contributed by atoms with E-state index in [0.717, 1.165) is 31.4 Å². The Balaban J connectivity index is 1.51. The molecule has 31 heavy (non-hydrogen) atoms. The number of piperidine rings is 1.